The zero-order valence-electron chi connectivity index (χ0n) is 29.5. The summed E-state index contributed by atoms with van der Waals surface area (Å²) in [5.74, 6) is -0.114. The van der Waals surface area contributed by atoms with Gasteiger partial charge in [-0.05, 0) is 85.0 Å². The second kappa shape index (κ2) is 11.5. The summed E-state index contributed by atoms with van der Waals surface area (Å²) in [5, 5.41) is 2.64. The van der Waals surface area contributed by atoms with Crippen LogP contribution in [0.5, 0.6) is 0 Å². The summed E-state index contributed by atoms with van der Waals surface area (Å²) >= 11 is 0. The summed E-state index contributed by atoms with van der Waals surface area (Å²) in [5.41, 5.74) is 13.6. The summed E-state index contributed by atoms with van der Waals surface area (Å²) in [6.45, 7) is 18.6. The third-order valence-electron chi connectivity index (χ3n) is 11.4. The predicted molar refractivity (Wildman–Crippen MR) is 193 cm³/mol. The maximum absolute atomic E-state index is 16.4. The molecule has 47 heavy (non-hydrogen) atoms. The first kappa shape index (κ1) is 31.5. The van der Waals surface area contributed by atoms with Crippen LogP contribution in [0.1, 0.15) is 99.2 Å². The van der Waals surface area contributed by atoms with Crippen LogP contribution in [-0.2, 0) is 23.9 Å². The minimum atomic E-state index is -0.486. The quantitative estimate of drug-likeness (QED) is 0.152. The second-order valence-electron chi connectivity index (χ2n) is 14.7. The molecule has 3 heteroatoms. The minimum absolute atomic E-state index is 0.114. The summed E-state index contributed by atoms with van der Waals surface area (Å²) in [6, 6.07) is 22.0. The largest absolute Gasteiger partial charge is 0.222 e. The molecule has 0 saturated carbocycles. The van der Waals surface area contributed by atoms with Crippen LogP contribution in [0.3, 0.4) is 0 Å². The molecule has 5 aromatic rings. The molecule has 3 heterocycles. The lowest BCUT2D eigenvalue weighted by molar-refractivity contribution is -0.743. The Morgan fingerprint density at radius 3 is 2.30 bits per heavy atom. The number of hydrogen-bond acceptors (Lipinski definition) is 0. The van der Waals surface area contributed by atoms with Crippen molar-refractivity contribution in [3.63, 3.8) is 0 Å². The van der Waals surface area contributed by atoms with Gasteiger partial charge < -0.3 is 0 Å². The van der Waals surface area contributed by atoms with E-state index in [0.717, 1.165) is 48.8 Å². The Balaban J connectivity index is 1.55. The molecule has 3 aromatic carbocycles. The first-order valence-electron chi connectivity index (χ1n) is 17.7. The van der Waals surface area contributed by atoms with Crippen LogP contribution in [0.25, 0.3) is 38.9 Å². The average Bonchev–Trinajstić information content (AvgIpc) is 3.17. The van der Waals surface area contributed by atoms with Gasteiger partial charge in [-0.1, -0.05) is 76.9 Å². The lowest BCUT2D eigenvalue weighted by Gasteiger charge is -2.36. The summed E-state index contributed by atoms with van der Waals surface area (Å²) in [4.78, 5) is 0. The number of rotatable bonds is 8. The topological polar surface area (TPSA) is 7.76 Å². The average molecular weight is 625 g/mol. The fraction of sp³-hybridized carbons (Fsp3) is 0.364. The SMILES string of the molecule is CCCCc1ccc2c3c4[n+](ccc13)C(CC)(CC)C=C(C[n+]1ccc(C)cc1-c1cc(C)ccc1C)c1ccc(F)c(c1-4)C2(C)C. The number of hydrogen-bond donors (Lipinski definition) is 0. The number of nitrogens with zero attached hydrogens (tertiary/aromatic N) is 2. The van der Waals surface area contributed by atoms with Crippen molar-refractivity contribution >= 4 is 16.3 Å². The molecule has 0 N–H and O–H groups in total. The van der Waals surface area contributed by atoms with Crippen LogP contribution in [0.2, 0.25) is 0 Å². The molecule has 7 rings (SSSR count). The summed E-state index contributed by atoms with van der Waals surface area (Å²) < 4.78 is 21.4. The monoisotopic (exact) mass is 624 g/mol. The van der Waals surface area contributed by atoms with Crippen LogP contribution in [-0.4, -0.2) is 0 Å². The van der Waals surface area contributed by atoms with Crippen LogP contribution >= 0.6 is 0 Å². The van der Waals surface area contributed by atoms with Gasteiger partial charge in [0.05, 0.1) is 10.9 Å². The van der Waals surface area contributed by atoms with Gasteiger partial charge in [0.2, 0.25) is 11.4 Å². The molecule has 1 aliphatic carbocycles. The predicted octanol–water partition coefficient (Wildman–Crippen LogP) is 10.4. The van der Waals surface area contributed by atoms with Gasteiger partial charge in [-0.3, -0.25) is 0 Å². The highest BCUT2D eigenvalue weighted by Crippen LogP contribution is 2.53. The van der Waals surface area contributed by atoms with Crippen molar-refractivity contribution in [1.29, 1.82) is 0 Å². The molecule has 0 unspecified atom stereocenters. The fourth-order valence-corrected chi connectivity index (χ4v) is 8.61. The Hall–Kier alpha value is -4.11. The van der Waals surface area contributed by atoms with E-state index in [1.165, 1.54) is 61.1 Å². The third kappa shape index (κ3) is 4.80. The van der Waals surface area contributed by atoms with Crippen molar-refractivity contribution in [2.75, 3.05) is 0 Å². The Morgan fingerprint density at radius 2 is 1.55 bits per heavy atom. The zero-order valence-corrected chi connectivity index (χ0v) is 29.5. The maximum Gasteiger partial charge on any atom is 0.222 e. The molecule has 0 fully saturated rings. The van der Waals surface area contributed by atoms with Gasteiger partial charge in [-0.15, -0.1) is 0 Å². The standard InChI is InChI=1S/C44H49FN2/c1-9-12-13-31-16-18-36-39-34(31)21-23-47-42(39)40-33(17-19-37(45)41(40)43(36,7)8)32(26-44(47,10-2)11-3)27-46-22-20-29(5)25-38(46)35-24-28(4)14-15-30(35)6/h14-26H,9-13,27H2,1-8H3/q+2. The number of benzene rings is 3. The molecular formula is C44H49FN2+2. The van der Waals surface area contributed by atoms with E-state index < -0.39 is 5.41 Å². The second-order valence-corrected chi connectivity index (χ2v) is 14.7. The molecule has 0 saturated heterocycles. The van der Waals surface area contributed by atoms with Crippen molar-refractivity contribution in [2.45, 2.75) is 105 Å². The van der Waals surface area contributed by atoms with Gasteiger partial charge in [-0.25, -0.2) is 4.39 Å². The zero-order chi connectivity index (χ0) is 33.2. The van der Waals surface area contributed by atoms with Crippen molar-refractivity contribution in [3.05, 3.63) is 124 Å². The number of halogens is 1. The molecule has 240 valence electrons. The van der Waals surface area contributed by atoms with Gasteiger partial charge in [-0.2, -0.15) is 9.13 Å². The van der Waals surface area contributed by atoms with Gasteiger partial charge in [0.15, 0.2) is 24.5 Å². The Labute approximate surface area is 280 Å². The lowest BCUT2D eigenvalue weighted by atomic mass is 9.67. The van der Waals surface area contributed by atoms with Crippen molar-refractivity contribution < 1.29 is 13.5 Å². The smallest absolute Gasteiger partial charge is 0.207 e. The van der Waals surface area contributed by atoms with E-state index in [4.69, 9.17) is 0 Å². The van der Waals surface area contributed by atoms with Crippen LogP contribution in [0, 0.1) is 26.6 Å². The number of pyridine rings is 2. The van der Waals surface area contributed by atoms with E-state index >= 15 is 4.39 Å². The van der Waals surface area contributed by atoms with Gasteiger partial charge >= 0.3 is 0 Å². The molecule has 1 aliphatic heterocycles. The first-order valence-corrected chi connectivity index (χ1v) is 17.7. The first-order chi connectivity index (χ1) is 22.5. The van der Waals surface area contributed by atoms with Gasteiger partial charge in [0, 0.05) is 53.2 Å². The van der Waals surface area contributed by atoms with Crippen molar-refractivity contribution in [3.8, 4) is 22.5 Å². The number of aryl methyl sites for hydroxylation is 4. The Bertz CT molecular complexity index is 2090. The Morgan fingerprint density at radius 1 is 0.787 bits per heavy atom. The molecule has 0 radical (unpaired) electrons. The van der Waals surface area contributed by atoms with E-state index in [9.17, 15) is 0 Å². The van der Waals surface area contributed by atoms with Crippen molar-refractivity contribution in [1.82, 2.24) is 0 Å². The normalized spacial score (nSPS) is 15.5. The van der Waals surface area contributed by atoms with Crippen LogP contribution in [0.15, 0.2) is 79.1 Å². The minimum Gasteiger partial charge on any atom is -0.207 e. The molecule has 0 atom stereocenters. The van der Waals surface area contributed by atoms with E-state index in [1.54, 1.807) is 6.07 Å². The van der Waals surface area contributed by atoms with Gasteiger partial charge in [0.25, 0.3) is 0 Å². The van der Waals surface area contributed by atoms with Gasteiger partial charge in [0.1, 0.15) is 5.82 Å². The summed E-state index contributed by atoms with van der Waals surface area (Å²) in [7, 11) is 0. The number of unbranched alkanes of at least 4 members (excludes halogenated alkanes) is 1. The Kier molecular flexibility index (Phi) is 7.73. The molecule has 0 spiro atoms. The maximum atomic E-state index is 16.4. The third-order valence-corrected chi connectivity index (χ3v) is 11.4. The number of allylic oxidation sites excluding steroid dienone is 2. The summed E-state index contributed by atoms with van der Waals surface area (Å²) in [6.07, 6.45) is 12.4. The van der Waals surface area contributed by atoms with E-state index in [1.807, 2.05) is 0 Å². The van der Waals surface area contributed by atoms with E-state index in [0.29, 0.717) is 6.54 Å². The highest BCUT2D eigenvalue weighted by molar-refractivity contribution is 6.04. The lowest BCUT2D eigenvalue weighted by Crippen LogP contribution is -2.56. The highest BCUT2D eigenvalue weighted by atomic mass is 19.1. The molecule has 2 nitrogen and oxygen atoms in total. The van der Waals surface area contributed by atoms with E-state index in [-0.39, 0.29) is 11.4 Å². The van der Waals surface area contributed by atoms with Crippen LogP contribution < -0.4 is 9.13 Å². The van der Waals surface area contributed by atoms with E-state index in [2.05, 4.69) is 138 Å². The van der Waals surface area contributed by atoms with Crippen molar-refractivity contribution in [2.24, 2.45) is 0 Å². The number of aromatic nitrogens is 2. The highest BCUT2D eigenvalue weighted by Gasteiger charge is 2.48. The molecule has 2 aromatic heterocycles. The van der Waals surface area contributed by atoms with Crippen LogP contribution in [0.4, 0.5) is 4.39 Å². The fourth-order valence-electron chi connectivity index (χ4n) is 8.61. The molecule has 0 bridgehead atoms. The molecular weight excluding hydrogens is 575 g/mol. The molecule has 0 amide bonds. The molecule has 2 aliphatic rings.